The number of aromatic amines is 1. The van der Waals surface area contributed by atoms with E-state index in [4.69, 9.17) is 0 Å². The van der Waals surface area contributed by atoms with Gasteiger partial charge in [0.1, 0.15) is 0 Å². The second kappa shape index (κ2) is 7.13. The normalized spacial score (nSPS) is 15.3. The van der Waals surface area contributed by atoms with Gasteiger partial charge in [-0.1, -0.05) is 31.0 Å². The number of rotatable bonds is 5. The van der Waals surface area contributed by atoms with Crippen molar-refractivity contribution in [2.45, 2.75) is 36.6 Å². The molecule has 1 fully saturated rings. The topological polar surface area (TPSA) is 104 Å². The Bertz CT molecular complexity index is 1050. The van der Waals surface area contributed by atoms with Crippen molar-refractivity contribution < 1.29 is 13.2 Å². The lowest BCUT2D eigenvalue weighted by molar-refractivity contribution is 0.102. The predicted octanol–water partition coefficient (Wildman–Crippen LogP) is 3.04. The van der Waals surface area contributed by atoms with E-state index in [2.05, 4.69) is 20.0 Å². The molecule has 4 rings (SSSR count). The Morgan fingerprint density at radius 3 is 2.63 bits per heavy atom. The lowest BCUT2D eigenvalue weighted by Crippen LogP contribution is -2.32. The van der Waals surface area contributed by atoms with Gasteiger partial charge in [-0.3, -0.25) is 10.1 Å². The highest BCUT2D eigenvalue weighted by Crippen LogP contribution is 2.21. The van der Waals surface area contributed by atoms with E-state index >= 15 is 0 Å². The molecule has 3 aromatic rings. The van der Waals surface area contributed by atoms with Gasteiger partial charge in [-0.05, 0) is 43.2 Å². The minimum absolute atomic E-state index is 0.0250. The van der Waals surface area contributed by atoms with Crippen LogP contribution in [0.3, 0.4) is 0 Å². The second-order valence-electron chi connectivity index (χ2n) is 6.69. The number of carbonyl (C=O) groups excluding carboxylic acids is 1. The van der Waals surface area contributed by atoms with E-state index in [1.54, 1.807) is 12.1 Å². The first-order valence-electron chi connectivity index (χ1n) is 8.90. The summed E-state index contributed by atoms with van der Waals surface area (Å²) in [4.78, 5) is 19.9. The average molecular weight is 384 g/mol. The summed E-state index contributed by atoms with van der Waals surface area (Å²) < 4.78 is 27.9. The van der Waals surface area contributed by atoms with Gasteiger partial charge in [0.2, 0.25) is 16.0 Å². The lowest BCUT2D eigenvalue weighted by atomic mass is 10.2. The molecule has 7 nitrogen and oxygen atoms in total. The number of sulfonamides is 1. The molecule has 140 valence electrons. The van der Waals surface area contributed by atoms with Crippen LogP contribution in [-0.2, 0) is 10.0 Å². The number of amides is 1. The van der Waals surface area contributed by atoms with Gasteiger partial charge in [0.25, 0.3) is 5.91 Å². The van der Waals surface area contributed by atoms with Gasteiger partial charge >= 0.3 is 0 Å². The molecule has 0 unspecified atom stereocenters. The van der Waals surface area contributed by atoms with E-state index in [1.807, 2.05) is 24.3 Å². The number of carbonyl (C=O) groups is 1. The molecule has 0 saturated heterocycles. The van der Waals surface area contributed by atoms with Crippen molar-refractivity contribution in [3.63, 3.8) is 0 Å². The van der Waals surface area contributed by atoms with Crippen molar-refractivity contribution in [2.24, 2.45) is 0 Å². The number of nitrogens with zero attached hydrogens (tertiary/aromatic N) is 1. The lowest BCUT2D eigenvalue weighted by Gasteiger charge is -2.13. The Morgan fingerprint density at radius 2 is 1.85 bits per heavy atom. The zero-order chi connectivity index (χ0) is 18.9. The Kier molecular flexibility index (Phi) is 4.67. The van der Waals surface area contributed by atoms with E-state index < -0.39 is 15.9 Å². The Morgan fingerprint density at radius 1 is 1.07 bits per heavy atom. The molecule has 27 heavy (non-hydrogen) atoms. The summed E-state index contributed by atoms with van der Waals surface area (Å²) in [6.45, 7) is 0. The maximum absolute atomic E-state index is 12.6. The standard InChI is InChI=1S/C19H20N4O3S/c24-18(22-19-20-16-10-3-4-11-17(16)21-19)13-6-5-9-15(12-13)27(25,26)23-14-7-1-2-8-14/h3-6,9-12,14,23H,1-2,7-8H2,(H2,20,21,22,24). The van der Waals surface area contributed by atoms with E-state index in [0.29, 0.717) is 5.95 Å². The van der Waals surface area contributed by atoms with Gasteiger partial charge in [-0.25, -0.2) is 18.1 Å². The van der Waals surface area contributed by atoms with Crippen molar-refractivity contribution >= 4 is 32.9 Å². The highest BCUT2D eigenvalue weighted by atomic mass is 32.2. The molecule has 1 amide bonds. The van der Waals surface area contributed by atoms with E-state index in [9.17, 15) is 13.2 Å². The van der Waals surface area contributed by atoms with Gasteiger partial charge in [0, 0.05) is 11.6 Å². The Balaban J connectivity index is 1.53. The number of H-pyrrole nitrogens is 1. The third-order valence-electron chi connectivity index (χ3n) is 4.70. The third-order valence-corrected chi connectivity index (χ3v) is 6.22. The third kappa shape index (κ3) is 3.86. The summed E-state index contributed by atoms with van der Waals surface area (Å²) in [5, 5.41) is 2.68. The quantitative estimate of drug-likeness (QED) is 0.629. The van der Waals surface area contributed by atoms with E-state index in [1.165, 1.54) is 12.1 Å². The number of benzene rings is 2. The summed E-state index contributed by atoms with van der Waals surface area (Å²) in [6, 6.07) is 13.4. The molecule has 0 bridgehead atoms. The molecule has 0 aliphatic heterocycles. The number of fused-ring (bicyclic) bond motifs is 1. The molecular formula is C19H20N4O3S. The number of nitrogens with one attached hydrogen (secondary N) is 3. The average Bonchev–Trinajstić information content (AvgIpc) is 3.30. The first kappa shape index (κ1) is 17.7. The Labute approximate surface area is 157 Å². The largest absolute Gasteiger partial charge is 0.324 e. The minimum atomic E-state index is -3.65. The molecule has 3 N–H and O–H groups in total. The van der Waals surface area contributed by atoms with Gasteiger partial charge in [-0.2, -0.15) is 0 Å². The fraction of sp³-hybridized carbons (Fsp3) is 0.263. The van der Waals surface area contributed by atoms with Crippen molar-refractivity contribution in [3.8, 4) is 0 Å². The first-order chi connectivity index (χ1) is 13.0. The molecule has 1 heterocycles. The van der Waals surface area contributed by atoms with E-state index in [0.717, 1.165) is 36.7 Å². The van der Waals surface area contributed by atoms with Crippen LogP contribution in [0.4, 0.5) is 5.95 Å². The van der Waals surface area contributed by atoms with Crippen LogP contribution in [0.15, 0.2) is 53.4 Å². The summed E-state index contributed by atoms with van der Waals surface area (Å²) in [5.41, 5.74) is 1.81. The SMILES string of the molecule is O=C(Nc1nc2ccccc2[nH]1)c1cccc(S(=O)(=O)NC2CCCC2)c1. The zero-order valence-corrected chi connectivity index (χ0v) is 15.4. The smallest absolute Gasteiger partial charge is 0.258 e. The van der Waals surface area contributed by atoms with Gasteiger partial charge in [-0.15, -0.1) is 0 Å². The number of aromatic nitrogens is 2. The van der Waals surface area contributed by atoms with Crippen LogP contribution in [0, 0.1) is 0 Å². The van der Waals surface area contributed by atoms with Gasteiger partial charge in [0.15, 0.2) is 0 Å². The van der Waals surface area contributed by atoms with Crippen molar-refractivity contribution in [2.75, 3.05) is 5.32 Å². The molecule has 8 heteroatoms. The summed E-state index contributed by atoms with van der Waals surface area (Å²) in [7, 11) is -3.65. The maximum atomic E-state index is 12.6. The van der Waals surface area contributed by atoms with Crippen LogP contribution in [-0.4, -0.2) is 30.3 Å². The highest BCUT2D eigenvalue weighted by molar-refractivity contribution is 7.89. The molecule has 1 aliphatic carbocycles. The number of para-hydroxylation sites is 2. The van der Waals surface area contributed by atoms with Crippen LogP contribution in [0.5, 0.6) is 0 Å². The molecule has 1 aliphatic rings. The molecule has 1 aromatic heterocycles. The van der Waals surface area contributed by atoms with Crippen molar-refractivity contribution in [3.05, 3.63) is 54.1 Å². The summed E-state index contributed by atoms with van der Waals surface area (Å²) in [5.74, 6) is -0.106. The first-order valence-corrected chi connectivity index (χ1v) is 10.4. The summed E-state index contributed by atoms with van der Waals surface area (Å²) >= 11 is 0. The summed E-state index contributed by atoms with van der Waals surface area (Å²) in [6.07, 6.45) is 3.77. The van der Waals surface area contributed by atoms with Crippen LogP contribution >= 0.6 is 0 Å². The molecule has 0 radical (unpaired) electrons. The Hall–Kier alpha value is -2.71. The van der Waals surface area contributed by atoms with E-state index in [-0.39, 0.29) is 16.5 Å². The van der Waals surface area contributed by atoms with Gasteiger partial charge in [0.05, 0.1) is 15.9 Å². The number of hydrogen-bond acceptors (Lipinski definition) is 4. The predicted molar refractivity (Wildman–Crippen MR) is 103 cm³/mol. The maximum Gasteiger partial charge on any atom is 0.258 e. The molecule has 2 aromatic carbocycles. The molecule has 0 spiro atoms. The van der Waals surface area contributed by atoms with Crippen LogP contribution in [0.1, 0.15) is 36.0 Å². The van der Waals surface area contributed by atoms with Crippen LogP contribution in [0.25, 0.3) is 11.0 Å². The zero-order valence-electron chi connectivity index (χ0n) is 14.6. The molecule has 0 atom stereocenters. The highest BCUT2D eigenvalue weighted by Gasteiger charge is 2.23. The molecule has 1 saturated carbocycles. The molecular weight excluding hydrogens is 364 g/mol. The van der Waals surface area contributed by atoms with Crippen molar-refractivity contribution in [1.82, 2.24) is 14.7 Å². The van der Waals surface area contributed by atoms with Crippen LogP contribution < -0.4 is 10.0 Å². The second-order valence-corrected chi connectivity index (χ2v) is 8.40. The van der Waals surface area contributed by atoms with Crippen LogP contribution in [0.2, 0.25) is 0 Å². The number of hydrogen-bond donors (Lipinski definition) is 3. The fourth-order valence-electron chi connectivity index (χ4n) is 3.33. The van der Waals surface area contributed by atoms with Gasteiger partial charge < -0.3 is 4.98 Å². The fourth-order valence-corrected chi connectivity index (χ4v) is 4.68. The minimum Gasteiger partial charge on any atom is -0.324 e. The van der Waals surface area contributed by atoms with Crippen molar-refractivity contribution in [1.29, 1.82) is 0 Å². The number of imidazole rings is 1. The monoisotopic (exact) mass is 384 g/mol. The number of anilines is 1.